The predicted octanol–water partition coefficient (Wildman–Crippen LogP) is 4.19. The molecule has 0 saturated carbocycles. The molecular formula is C22H24FN3O. The molecule has 140 valence electrons. The van der Waals surface area contributed by atoms with Gasteiger partial charge >= 0.3 is 0 Å². The number of rotatable bonds is 4. The summed E-state index contributed by atoms with van der Waals surface area (Å²) in [5, 5.41) is 1.88. The minimum atomic E-state index is -0.226. The molecule has 1 saturated heterocycles. The first kappa shape index (κ1) is 17.7. The highest BCUT2D eigenvalue weighted by molar-refractivity contribution is 5.95. The van der Waals surface area contributed by atoms with Crippen molar-refractivity contribution in [1.29, 1.82) is 0 Å². The Balaban J connectivity index is 1.78. The van der Waals surface area contributed by atoms with Gasteiger partial charge in [-0.05, 0) is 60.5 Å². The summed E-state index contributed by atoms with van der Waals surface area (Å²) < 4.78 is 19.1. The van der Waals surface area contributed by atoms with Crippen LogP contribution in [0.3, 0.4) is 0 Å². The molecule has 0 amide bonds. The third kappa shape index (κ3) is 3.60. The summed E-state index contributed by atoms with van der Waals surface area (Å²) >= 11 is 0. The van der Waals surface area contributed by atoms with Crippen molar-refractivity contribution in [3.63, 3.8) is 0 Å². The topological polar surface area (TPSA) is 28.6 Å². The number of anilines is 1. The molecule has 1 aliphatic heterocycles. The van der Waals surface area contributed by atoms with E-state index in [9.17, 15) is 4.39 Å². The van der Waals surface area contributed by atoms with Gasteiger partial charge in [-0.1, -0.05) is 6.92 Å². The first-order valence-corrected chi connectivity index (χ1v) is 9.40. The molecule has 0 atom stereocenters. The highest BCUT2D eigenvalue weighted by Crippen LogP contribution is 2.31. The number of halogens is 1. The van der Waals surface area contributed by atoms with E-state index < -0.39 is 0 Å². The first-order chi connectivity index (χ1) is 13.2. The van der Waals surface area contributed by atoms with Crippen LogP contribution in [0.1, 0.15) is 6.92 Å². The van der Waals surface area contributed by atoms with Gasteiger partial charge in [-0.25, -0.2) is 9.37 Å². The third-order valence-corrected chi connectivity index (χ3v) is 5.28. The zero-order valence-electron chi connectivity index (χ0n) is 15.8. The number of pyridine rings is 1. The van der Waals surface area contributed by atoms with Gasteiger partial charge in [0.15, 0.2) is 0 Å². The Hall–Kier alpha value is -2.66. The highest BCUT2D eigenvalue weighted by atomic mass is 19.1. The van der Waals surface area contributed by atoms with Crippen LogP contribution in [0.25, 0.3) is 22.0 Å². The zero-order valence-corrected chi connectivity index (χ0v) is 15.8. The second kappa shape index (κ2) is 7.53. The average molecular weight is 365 g/mol. The van der Waals surface area contributed by atoms with Crippen molar-refractivity contribution in [2.45, 2.75) is 6.92 Å². The van der Waals surface area contributed by atoms with Crippen LogP contribution in [0.5, 0.6) is 5.75 Å². The van der Waals surface area contributed by atoms with Gasteiger partial charge in [0.25, 0.3) is 0 Å². The molecule has 2 heterocycles. The van der Waals surface area contributed by atoms with Crippen molar-refractivity contribution in [3.05, 3.63) is 54.3 Å². The molecule has 0 spiro atoms. The fourth-order valence-electron chi connectivity index (χ4n) is 3.64. The van der Waals surface area contributed by atoms with Gasteiger partial charge in [0.1, 0.15) is 17.4 Å². The number of fused-ring (bicyclic) bond motifs is 1. The molecule has 0 aliphatic carbocycles. The second-order valence-electron chi connectivity index (χ2n) is 6.85. The summed E-state index contributed by atoms with van der Waals surface area (Å²) in [5.74, 6) is 1.52. The summed E-state index contributed by atoms with van der Waals surface area (Å²) in [7, 11) is 1.65. The number of hydrogen-bond donors (Lipinski definition) is 0. The molecule has 5 heteroatoms. The van der Waals surface area contributed by atoms with Gasteiger partial charge in [0, 0.05) is 37.1 Å². The lowest BCUT2D eigenvalue weighted by Gasteiger charge is -2.35. The number of piperazine rings is 1. The van der Waals surface area contributed by atoms with Gasteiger partial charge < -0.3 is 14.5 Å². The molecule has 2 aromatic carbocycles. The number of methoxy groups -OCH3 is 1. The number of ether oxygens (including phenoxy) is 1. The zero-order chi connectivity index (χ0) is 18.8. The van der Waals surface area contributed by atoms with E-state index in [-0.39, 0.29) is 5.82 Å². The van der Waals surface area contributed by atoms with E-state index in [1.165, 1.54) is 6.07 Å². The Morgan fingerprint density at radius 2 is 1.74 bits per heavy atom. The first-order valence-electron chi connectivity index (χ1n) is 9.40. The Bertz CT molecular complexity index is 934. The maximum Gasteiger partial charge on any atom is 0.137 e. The summed E-state index contributed by atoms with van der Waals surface area (Å²) in [6, 6.07) is 14.7. The Morgan fingerprint density at radius 1 is 1.00 bits per heavy atom. The van der Waals surface area contributed by atoms with Crippen LogP contribution in [0.2, 0.25) is 0 Å². The van der Waals surface area contributed by atoms with Gasteiger partial charge in [-0.3, -0.25) is 0 Å². The third-order valence-electron chi connectivity index (χ3n) is 5.28. The summed E-state index contributed by atoms with van der Waals surface area (Å²) in [4.78, 5) is 9.73. The quantitative estimate of drug-likeness (QED) is 0.693. The molecule has 0 N–H and O–H groups in total. The molecular weight excluding hydrogens is 341 g/mol. The molecule has 0 bridgehead atoms. The summed E-state index contributed by atoms with van der Waals surface area (Å²) in [6.07, 6.45) is 0. The Labute approximate surface area is 159 Å². The maximum absolute atomic E-state index is 13.9. The molecule has 0 radical (unpaired) electrons. The Kier molecular flexibility index (Phi) is 4.94. The summed E-state index contributed by atoms with van der Waals surface area (Å²) in [6.45, 7) is 7.16. The van der Waals surface area contributed by atoms with E-state index in [0.29, 0.717) is 0 Å². The minimum Gasteiger partial charge on any atom is -0.497 e. The number of hydrogen-bond acceptors (Lipinski definition) is 4. The van der Waals surface area contributed by atoms with Gasteiger partial charge in [-0.2, -0.15) is 0 Å². The fourth-order valence-corrected chi connectivity index (χ4v) is 3.64. The molecule has 4 nitrogen and oxygen atoms in total. The van der Waals surface area contributed by atoms with Crippen molar-refractivity contribution in [1.82, 2.24) is 9.88 Å². The van der Waals surface area contributed by atoms with E-state index in [0.717, 1.165) is 66.3 Å². The van der Waals surface area contributed by atoms with Crippen LogP contribution >= 0.6 is 0 Å². The van der Waals surface area contributed by atoms with Crippen molar-refractivity contribution in [2.24, 2.45) is 0 Å². The van der Waals surface area contributed by atoms with E-state index in [2.05, 4.69) is 16.7 Å². The van der Waals surface area contributed by atoms with Crippen molar-refractivity contribution in [2.75, 3.05) is 44.7 Å². The van der Waals surface area contributed by atoms with Gasteiger partial charge in [-0.15, -0.1) is 0 Å². The number of nitrogens with zero attached hydrogens (tertiary/aromatic N) is 3. The SMILES string of the molecule is CCN1CCN(c2nc(-c3ccc(OC)cc3)cc3cc(F)ccc23)CC1. The van der Waals surface area contributed by atoms with Crippen molar-refractivity contribution in [3.8, 4) is 17.0 Å². The lowest BCUT2D eigenvalue weighted by atomic mass is 10.1. The molecule has 1 aromatic heterocycles. The number of benzene rings is 2. The van der Waals surface area contributed by atoms with Crippen LogP contribution in [0.15, 0.2) is 48.5 Å². The van der Waals surface area contributed by atoms with Crippen LogP contribution in [-0.2, 0) is 0 Å². The summed E-state index contributed by atoms with van der Waals surface area (Å²) in [5.41, 5.74) is 1.85. The van der Waals surface area contributed by atoms with Crippen LogP contribution in [-0.4, -0.2) is 49.7 Å². The van der Waals surface area contributed by atoms with E-state index in [4.69, 9.17) is 9.72 Å². The van der Waals surface area contributed by atoms with E-state index in [1.807, 2.05) is 36.4 Å². The van der Waals surface area contributed by atoms with Gasteiger partial charge in [0.2, 0.25) is 0 Å². The normalized spacial score (nSPS) is 15.3. The minimum absolute atomic E-state index is 0.226. The molecule has 4 rings (SSSR count). The molecule has 0 unspecified atom stereocenters. The largest absolute Gasteiger partial charge is 0.497 e. The number of aromatic nitrogens is 1. The predicted molar refractivity (Wildman–Crippen MR) is 108 cm³/mol. The van der Waals surface area contributed by atoms with Crippen LogP contribution in [0.4, 0.5) is 10.2 Å². The highest BCUT2D eigenvalue weighted by Gasteiger charge is 2.20. The van der Waals surface area contributed by atoms with E-state index in [1.54, 1.807) is 13.2 Å². The lowest BCUT2D eigenvalue weighted by molar-refractivity contribution is 0.271. The van der Waals surface area contributed by atoms with Crippen molar-refractivity contribution >= 4 is 16.6 Å². The average Bonchev–Trinajstić information content (AvgIpc) is 2.73. The molecule has 27 heavy (non-hydrogen) atoms. The lowest BCUT2D eigenvalue weighted by Crippen LogP contribution is -2.46. The molecule has 1 aliphatic rings. The standard InChI is InChI=1S/C22H24FN3O/c1-3-25-10-12-26(13-11-25)22-20-9-6-18(23)14-17(20)15-21(24-22)16-4-7-19(27-2)8-5-16/h4-9,14-15H,3,10-13H2,1-2H3. The number of likely N-dealkylation sites (N-methyl/N-ethyl adjacent to an activating group) is 1. The fraction of sp³-hybridized carbons (Fsp3) is 0.318. The van der Waals surface area contributed by atoms with Crippen LogP contribution in [0, 0.1) is 5.82 Å². The monoisotopic (exact) mass is 365 g/mol. The molecule has 1 fully saturated rings. The smallest absolute Gasteiger partial charge is 0.137 e. The maximum atomic E-state index is 13.9. The van der Waals surface area contributed by atoms with Crippen LogP contribution < -0.4 is 9.64 Å². The van der Waals surface area contributed by atoms with E-state index >= 15 is 0 Å². The Morgan fingerprint density at radius 3 is 2.41 bits per heavy atom. The molecule has 3 aromatic rings. The van der Waals surface area contributed by atoms with Crippen molar-refractivity contribution < 1.29 is 9.13 Å². The van der Waals surface area contributed by atoms with Gasteiger partial charge in [0.05, 0.1) is 12.8 Å². The second-order valence-corrected chi connectivity index (χ2v) is 6.85.